The molecule has 0 bridgehead atoms. The Balaban J connectivity index is 2.13. The van der Waals surface area contributed by atoms with E-state index in [1.807, 2.05) is 18.2 Å². The van der Waals surface area contributed by atoms with Crippen molar-refractivity contribution in [2.45, 2.75) is 6.54 Å². The predicted molar refractivity (Wildman–Crippen MR) is 81.1 cm³/mol. The van der Waals surface area contributed by atoms with Crippen LogP contribution in [0.15, 0.2) is 46.9 Å². The highest BCUT2D eigenvalue weighted by atomic mass is 79.9. The van der Waals surface area contributed by atoms with E-state index in [1.54, 1.807) is 24.1 Å². The highest BCUT2D eigenvalue weighted by molar-refractivity contribution is 9.10. The summed E-state index contributed by atoms with van der Waals surface area (Å²) in [7, 11) is 1.68. The van der Waals surface area contributed by atoms with E-state index in [4.69, 9.17) is 5.26 Å². The van der Waals surface area contributed by atoms with Gasteiger partial charge in [-0.05, 0) is 51.8 Å². The smallest absolute Gasteiger partial charge is 0.255 e. The van der Waals surface area contributed by atoms with Crippen molar-refractivity contribution in [3.05, 3.63) is 69.4 Å². The Morgan fingerprint density at radius 2 is 1.95 bits per heavy atom. The molecule has 5 heteroatoms. The molecule has 0 heterocycles. The number of amides is 1. The average molecular weight is 347 g/mol. The van der Waals surface area contributed by atoms with E-state index in [1.165, 1.54) is 18.2 Å². The minimum atomic E-state index is -0.395. The molecule has 2 rings (SSSR count). The van der Waals surface area contributed by atoms with Crippen molar-refractivity contribution in [1.29, 1.82) is 5.26 Å². The van der Waals surface area contributed by atoms with Crippen molar-refractivity contribution >= 4 is 21.8 Å². The number of carbonyl (C=O) groups is 1. The van der Waals surface area contributed by atoms with Gasteiger partial charge in [-0.3, -0.25) is 4.79 Å². The Bertz CT molecular complexity index is 707. The number of rotatable bonds is 3. The first-order valence-corrected chi connectivity index (χ1v) is 7.00. The van der Waals surface area contributed by atoms with Gasteiger partial charge in [0.2, 0.25) is 0 Å². The number of nitriles is 1. The summed E-state index contributed by atoms with van der Waals surface area (Å²) in [6.07, 6.45) is 0. The maximum absolute atomic E-state index is 13.0. The normalized spacial score (nSPS) is 10.0. The van der Waals surface area contributed by atoms with E-state index >= 15 is 0 Å². The number of carbonyl (C=O) groups excluding carboxylic acids is 1. The third-order valence-electron chi connectivity index (χ3n) is 3.01. The molecule has 0 aromatic heterocycles. The van der Waals surface area contributed by atoms with Crippen LogP contribution in [0.4, 0.5) is 4.39 Å². The summed E-state index contributed by atoms with van der Waals surface area (Å²) in [5.41, 5.74) is 1.91. The van der Waals surface area contributed by atoms with Gasteiger partial charge in [-0.15, -0.1) is 0 Å². The summed E-state index contributed by atoms with van der Waals surface area (Å²) in [6, 6.07) is 13.1. The maximum Gasteiger partial charge on any atom is 0.255 e. The van der Waals surface area contributed by atoms with E-state index in [2.05, 4.69) is 15.9 Å². The van der Waals surface area contributed by atoms with Gasteiger partial charge in [-0.25, -0.2) is 4.39 Å². The lowest BCUT2D eigenvalue weighted by Gasteiger charge is -2.18. The maximum atomic E-state index is 13.0. The second kappa shape index (κ2) is 6.51. The van der Waals surface area contributed by atoms with Gasteiger partial charge in [-0.2, -0.15) is 5.26 Å². The van der Waals surface area contributed by atoms with E-state index < -0.39 is 5.82 Å². The molecule has 0 atom stereocenters. The van der Waals surface area contributed by atoms with Crippen LogP contribution in [-0.2, 0) is 6.54 Å². The summed E-state index contributed by atoms with van der Waals surface area (Å²) in [5.74, 6) is -0.598. The fraction of sp³-hybridized carbons (Fsp3) is 0.125. The van der Waals surface area contributed by atoms with E-state index in [0.29, 0.717) is 22.1 Å². The molecule has 0 spiro atoms. The lowest BCUT2D eigenvalue weighted by molar-refractivity contribution is 0.0784. The number of nitrogens with zero attached hydrogens (tertiary/aromatic N) is 2. The Labute approximate surface area is 130 Å². The quantitative estimate of drug-likeness (QED) is 0.849. The van der Waals surface area contributed by atoms with Crippen LogP contribution in [0, 0.1) is 17.1 Å². The summed E-state index contributed by atoms with van der Waals surface area (Å²) < 4.78 is 13.5. The van der Waals surface area contributed by atoms with Crippen molar-refractivity contribution < 1.29 is 9.18 Å². The average Bonchev–Trinajstić information content (AvgIpc) is 2.47. The zero-order chi connectivity index (χ0) is 15.4. The minimum Gasteiger partial charge on any atom is -0.337 e. The molecular weight excluding hydrogens is 335 g/mol. The molecule has 0 saturated carbocycles. The molecule has 0 aliphatic rings. The van der Waals surface area contributed by atoms with Gasteiger partial charge in [0.25, 0.3) is 5.91 Å². The summed E-state index contributed by atoms with van der Waals surface area (Å²) in [4.78, 5) is 13.9. The molecule has 0 saturated heterocycles. The third-order valence-corrected chi connectivity index (χ3v) is 3.67. The monoisotopic (exact) mass is 346 g/mol. The lowest BCUT2D eigenvalue weighted by Crippen LogP contribution is -2.26. The van der Waals surface area contributed by atoms with E-state index in [-0.39, 0.29) is 5.91 Å². The molecule has 1 amide bonds. The van der Waals surface area contributed by atoms with Crippen LogP contribution in [0.3, 0.4) is 0 Å². The molecule has 0 fully saturated rings. The standard InChI is InChI=1S/C16H12BrFN2O/c1-20(10-12-4-2-11(9-19)3-5-12)16(21)14-7-6-13(18)8-15(14)17/h2-8H,10H2,1H3. The van der Waals surface area contributed by atoms with Crippen molar-refractivity contribution in [3.8, 4) is 6.07 Å². The highest BCUT2D eigenvalue weighted by Gasteiger charge is 2.15. The number of hydrogen-bond acceptors (Lipinski definition) is 2. The Morgan fingerprint density at radius 3 is 2.52 bits per heavy atom. The van der Waals surface area contributed by atoms with Crippen molar-refractivity contribution in [1.82, 2.24) is 4.90 Å². The number of halogens is 2. The van der Waals surface area contributed by atoms with Gasteiger partial charge in [0.15, 0.2) is 0 Å². The molecule has 2 aromatic carbocycles. The second-order valence-corrected chi connectivity index (χ2v) is 5.45. The van der Waals surface area contributed by atoms with Gasteiger partial charge >= 0.3 is 0 Å². The Hall–Kier alpha value is -2.19. The zero-order valence-electron chi connectivity index (χ0n) is 11.3. The molecule has 2 aromatic rings. The van der Waals surface area contributed by atoms with Crippen LogP contribution < -0.4 is 0 Å². The van der Waals surface area contributed by atoms with Gasteiger partial charge < -0.3 is 4.90 Å². The van der Waals surface area contributed by atoms with Crippen LogP contribution in [0.5, 0.6) is 0 Å². The van der Waals surface area contributed by atoms with Crippen LogP contribution in [0.2, 0.25) is 0 Å². The van der Waals surface area contributed by atoms with Crippen LogP contribution >= 0.6 is 15.9 Å². The highest BCUT2D eigenvalue weighted by Crippen LogP contribution is 2.20. The first-order valence-electron chi connectivity index (χ1n) is 6.21. The van der Waals surface area contributed by atoms with E-state index in [9.17, 15) is 9.18 Å². The zero-order valence-corrected chi connectivity index (χ0v) is 12.9. The molecule has 3 nitrogen and oxygen atoms in total. The summed E-state index contributed by atoms with van der Waals surface area (Å²) >= 11 is 3.20. The fourth-order valence-corrected chi connectivity index (χ4v) is 2.42. The van der Waals surface area contributed by atoms with Crippen molar-refractivity contribution in [2.75, 3.05) is 7.05 Å². The Morgan fingerprint density at radius 1 is 1.29 bits per heavy atom. The van der Waals surface area contributed by atoms with Crippen LogP contribution in [0.25, 0.3) is 0 Å². The van der Waals surface area contributed by atoms with Gasteiger partial charge in [0.1, 0.15) is 5.82 Å². The van der Waals surface area contributed by atoms with Crippen LogP contribution in [0.1, 0.15) is 21.5 Å². The lowest BCUT2D eigenvalue weighted by atomic mass is 10.1. The predicted octanol–water partition coefficient (Wildman–Crippen LogP) is 3.73. The van der Waals surface area contributed by atoms with Gasteiger partial charge in [0, 0.05) is 18.1 Å². The fourth-order valence-electron chi connectivity index (χ4n) is 1.90. The number of benzene rings is 2. The SMILES string of the molecule is CN(Cc1ccc(C#N)cc1)C(=O)c1ccc(F)cc1Br. The van der Waals surface area contributed by atoms with Gasteiger partial charge in [0.05, 0.1) is 17.2 Å². The molecule has 106 valence electrons. The molecule has 0 aliphatic carbocycles. The molecule has 0 aliphatic heterocycles. The summed E-state index contributed by atoms with van der Waals surface area (Å²) in [6.45, 7) is 0.411. The molecule has 21 heavy (non-hydrogen) atoms. The Kier molecular flexibility index (Phi) is 4.71. The number of hydrogen-bond donors (Lipinski definition) is 0. The summed E-state index contributed by atoms with van der Waals surface area (Å²) in [5, 5.41) is 8.75. The second-order valence-electron chi connectivity index (χ2n) is 4.59. The first kappa shape index (κ1) is 15.2. The van der Waals surface area contributed by atoms with Crippen LogP contribution in [-0.4, -0.2) is 17.9 Å². The largest absolute Gasteiger partial charge is 0.337 e. The van der Waals surface area contributed by atoms with Crippen molar-refractivity contribution in [2.24, 2.45) is 0 Å². The van der Waals surface area contributed by atoms with Crippen molar-refractivity contribution in [3.63, 3.8) is 0 Å². The molecule has 0 N–H and O–H groups in total. The van der Waals surface area contributed by atoms with E-state index in [0.717, 1.165) is 5.56 Å². The first-order chi connectivity index (χ1) is 10.0. The molecule has 0 radical (unpaired) electrons. The molecule has 0 unspecified atom stereocenters. The molecular formula is C16H12BrFN2O. The minimum absolute atomic E-state index is 0.203. The topological polar surface area (TPSA) is 44.1 Å². The third kappa shape index (κ3) is 3.67. The van der Waals surface area contributed by atoms with Gasteiger partial charge in [-0.1, -0.05) is 12.1 Å².